The zero-order valence-electron chi connectivity index (χ0n) is 15.5. The number of para-hydroxylation sites is 1. The van der Waals surface area contributed by atoms with E-state index >= 15 is 0 Å². The molecule has 0 bridgehead atoms. The van der Waals surface area contributed by atoms with Crippen LogP contribution in [0.3, 0.4) is 0 Å². The van der Waals surface area contributed by atoms with Crippen molar-refractivity contribution >= 4 is 43.8 Å². The Bertz CT molecular complexity index is 1160. The normalized spacial score (nSPS) is 14.4. The molecule has 0 saturated carbocycles. The van der Waals surface area contributed by atoms with Gasteiger partial charge >= 0.3 is 0 Å². The van der Waals surface area contributed by atoms with Crippen LogP contribution in [0.15, 0.2) is 34.9 Å². The summed E-state index contributed by atoms with van der Waals surface area (Å²) in [6.45, 7) is 3.68. The highest BCUT2D eigenvalue weighted by Gasteiger charge is 2.27. The SMILES string of the molecule is Cc1cc(C(=O)Nc2sc3c(c2-c2nc4ccccc4s2)CCN(C)C3)on1. The molecule has 1 aliphatic heterocycles. The van der Waals surface area contributed by atoms with Gasteiger partial charge in [0.05, 0.1) is 15.9 Å². The number of hydrogen-bond donors (Lipinski definition) is 1. The predicted octanol–water partition coefficient (Wildman–Crippen LogP) is 4.56. The number of benzene rings is 1. The highest BCUT2D eigenvalue weighted by molar-refractivity contribution is 7.22. The number of fused-ring (bicyclic) bond motifs is 2. The molecule has 0 radical (unpaired) electrons. The summed E-state index contributed by atoms with van der Waals surface area (Å²) in [4.78, 5) is 21.1. The molecule has 1 amide bonds. The van der Waals surface area contributed by atoms with E-state index in [1.54, 1.807) is 35.7 Å². The van der Waals surface area contributed by atoms with Crippen LogP contribution in [0.2, 0.25) is 0 Å². The van der Waals surface area contributed by atoms with Crippen molar-refractivity contribution in [3.8, 4) is 10.6 Å². The first-order chi connectivity index (χ1) is 13.6. The summed E-state index contributed by atoms with van der Waals surface area (Å²) < 4.78 is 6.28. The fraction of sp³-hybridized carbons (Fsp3) is 0.250. The molecule has 1 aromatic carbocycles. The van der Waals surface area contributed by atoms with E-state index in [0.29, 0.717) is 5.69 Å². The lowest BCUT2D eigenvalue weighted by molar-refractivity contribution is 0.0988. The first-order valence-corrected chi connectivity index (χ1v) is 10.7. The zero-order chi connectivity index (χ0) is 19.3. The highest BCUT2D eigenvalue weighted by atomic mass is 32.1. The minimum Gasteiger partial charge on any atom is -0.351 e. The topological polar surface area (TPSA) is 71.3 Å². The van der Waals surface area contributed by atoms with Crippen LogP contribution >= 0.6 is 22.7 Å². The Morgan fingerprint density at radius 3 is 2.93 bits per heavy atom. The van der Waals surface area contributed by atoms with Gasteiger partial charge in [-0.05, 0) is 38.1 Å². The van der Waals surface area contributed by atoms with Crippen molar-refractivity contribution in [3.05, 3.63) is 52.2 Å². The first kappa shape index (κ1) is 17.5. The summed E-state index contributed by atoms with van der Waals surface area (Å²) in [6, 6.07) is 9.78. The van der Waals surface area contributed by atoms with Crippen LogP contribution < -0.4 is 5.32 Å². The number of carbonyl (C=O) groups is 1. The summed E-state index contributed by atoms with van der Waals surface area (Å²) >= 11 is 3.30. The number of aryl methyl sites for hydroxylation is 1. The maximum Gasteiger partial charge on any atom is 0.294 e. The highest BCUT2D eigenvalue weighted by Crippen LogP contribution is 2.45. The number of likely N-dealkylation sites (N-methyl/N-ethyl adjacent to an activating group) is 1. The molecule has 4 heterocycles. The number of thiazole rings is 1. The Labute approximate surface area is 169 Å². The van der Waals surface area contributed by atoms with Gasteiger partial charge in [-0.25, -0.2) is 4.98 Å². The largest absolute Gasteiger partial charge is 0.351 e. The van der Waals surface area contributed by atoms with Crippen LogP contribution in [0.5, 0.6) is 0 Å². The molecular weight excluding hydrogens is 392 g/mol. The molecule has 6 nitrogen and oxygen atoms in total. The van der Waals surface area contributed by atoms with Crippen LogP contribution in [-0.2, 0) is 13.0 Å². The third-order valence-corrected chi connectivity index (χ3v) is 7.02. The third-order valence-electron chi connectivity index (χ3n) is 4.83. The van der Waals surface area contributed by atoms with Crippen LogP contribution in [-0.4, -0.2) is 34.5 Å². The number of nitrogens with one attached hydrogen (secondary N) is 1. The molecule has 3 aromatic heterocycles. The van der Waals surface area contributed by atoms with Crippen molar-refractivity contribution in [2.24, 2.45) is 0 Å². The molecule has 0 saturated heterocycles. The standard InChI is InChI=1S/C20H18N4O2S2/c1-11-9-14(26-23-11)18(25)22-20-17(12-7-8-24(2)10-16(12)28-20)19-21-13-5-3-4-6-15(13)27-19/h3-6,9H,7-8,10H2,1-2H3,(H,22,25). The number of thiophene rings is 1. The molecule has 0 fully saturated rings. The second-order valence-electron chi connectivity index (χ2n) is 6.97. The van der Waals surface area contributed by atoms with E-state index in [1.807, 2.05) is 18.2 Å². The number of anilines is 1. The van der Waals surface area contributed by atoms with E-state index in [9.17, 15) is 4.79 Å². The van der Waals surface area contributed by atoms with Crippen molar-refractivity contribution in [1.82, 2.24) is 15.0 Å². The molecule has 0 spiro atoms. The van der Waals surface area contributed by atoms with E-state index in [2.05, 4.69) is 28.5 Å². The molecule has 0 aliphatic carbocycles. The van der Waals surface area contributed by atoms with Gasteiger partial charge < -0.3 is 14.7 Å². The zero-order valence-corrected chi connectivity index (χ0v) is 17.1. The van der Waals surface area contributed by atoms with Gasteiger partial charge in [-0.1, -0.05) is 17.3 Å². The summed E-state index contributed by atoms with van der Waals surface area (Å²) in [6.07, 6.45) is 0.949. The smallest absolute Gasteiger partial charge is 0.294 e. The van der Waals surface area contributed by atoms with Gasteiger partial charge in [0.25, 0.3) is 5.91 Å². The third kappa shape index (κ3) is 3.03. The summed E-state index contributed by atoms with van der Waals surface area (Å²) in [7, 11) is 2.12. The molecule has 0 atom stereocenters. The molecule has 0 unspecified atom stereocenters. The maximum absolute atomic E-state index is 12.7. The minimum absolute atomic E-state index is 0.219. The Hall–Kier alpha value is -2.55. The Morgan fingerprint density at radius 2 is 2.14 bits per heavy atom. The fourth-order valence-electron chi connectivity index (χ4n) is 3.46. The van der Waals surface area contributed by atoms with E-state index in [4.69, 9.17) is 9.51 Å². The number of hydrogen-bond acceptors (Lipinski definition) is 7. The number of amides is 1. The molecule has 8 heteroatoms. The Morgan fingerprint density at radius 1 is 1.29 bits per heavy atom. The monoisotopic (exact) mass is 410 g/mol. The first-order valence-electron chi connectivity index (χ1n) is 9.02. The minimum atomic E-state index is -0.282. The Balaban J connectivity index is 1.60. The van der Waals surface area contributed by atoms with Gasteiger partial charge in [0.15, 0.2) is 0 Å². The quantitative estimate of drug-likeness (QED) is 0.536. The van der Waals surface area contributed by atoms with Crippen LogP contribution in [0.4, 0.5) is 5.00 Å². The molecule has 5 rings (SSSR count). The van der Waals surface area contributed by atoms with Gasteiger partial charge in [-0.3, -0.25) is 4.79 Å². The lowest BCUT2D eigenvalue weighted by Crippen LogP contribution is -2.25. The lowest BCUT2D eigenvalue weighted by atomic mass is 10.0. The van der Waals surface area contributed by atoms with Gasteiger partial charge in [0.2, 0.25) is 5.76 Å². The second-order valence-corrected chi connectivity index (χ2v) is 9.10. The van der Waals surface area contributed by atoms with Gasteiger partial charge in [-0.15, -0.1) is 22.7 Å². The van der Waals surface area contributed by atoms with Crippen molar-refractivity contribution in [3.63, 3.8) is 0 Å². The summed E-state index contributed by atoms with van der Waals surface area (Å²) in [5.41, 5.74) is 4.02. The summed E-state index contributed by atoms with van der Waals surface area (Å²) in [5.74, 6) is -0.0637. The lowest BCUT2D eigenvalue weighted by Gasteiger charge is -2.22. The van der Waals surface area contributed by atoms with Gasteiger partial charge in [0, 0.05) is 29.6 Å². The molecule has 4 aromatic rings. The van der Waals surface area contributed by atoms with E-state index in [1.165, 1.54) is 10.4 Å². The van der Waals surface area contributed by atoms with E-state index in [-0.39, 0.29) is 11.7 Å². The van der Waals surface area contributed by atoms with E-state index in [0.717, 1.165) is 45.3 Å². The van der Waals surface area contributed by atoms with Crippen molar-refractivity contribution in [2.45, 2.75) is 19.9 Å². The average molecular weight is 411 g/mol. The van der Waals surface area contributed by atoms with Crippen LogP contribution in [0, 0.1) is 6.92 Å². The molecular formula is C20H18N4O2S2. The average Bonchev–Trinajstić information content (AvgIpc) is 3.36. The van der Waals surface area contributed by atoms with Crippen molar-refractivity contribution in [1.29, 1.82) is 0 Å². The summed E-state index contributed by atoms with van der Waals surface area (Å²) in [5, 5.41) is 8.65. The molecule has 142 valence electrons. The maximum atomic E-state index is 12.7. The Kier molecular flexibility index (Phi) is 4.26. The van der Waals surface area contributed by atoms with Gasteiger partial charge in [-0.2, -0.15) is 0 Å². The number of nitrogens with zero attached hydrogens (tertiary/aromatic N) is 3. The number of rotatable bonds is 3. The predicted molar refractivity (Wildman–Crippen MR) is 112 cm³/mol. The molecule has 1 aliphatic rings. The number of aromatic nitrogens is 2. The van der Waals surface area contributed by atoms with Crippen molar-refractivity contribution < 1.29 is 9.32 Å². The van der Waals surface area contributed by atoms with Crippen molar-refractivity contribution in [2.75, 3.05) is 18.9 Å². The van der Waals surface area contributed by atoms with Crippen LogP contribution in [0.1, 0.15) is 26.7 Å². The van der Waals surface area contributed by atoms with Gasteiger partial charge in [0.1, 0.15) is 10.0 Å². The fourth-order valence-corrected chi connectivity index (χ4v) is 5.89. The number of carbonyl (C=O) groups excluding carboxylic acids is 1. The molecule has 28 heavy (non-hydrogen) atoms. The molecule has 1 N–H and O–H groups in total. The second kappa shape index (κ2) is 6.80. The van der Waals surface area contributed by atoms with E-state index < -0.39 is 0 Å². The van der Waals surface area contributed by atoms with Crippen LogP contribution in [0.25, 0.3) is 20.8 Å².